The van der Waals surface area contributed by atoms with Crippen LogP contribution in [0.1, 0.15) is 45.2 Å². The minimum absolute atomic E-state index is 0.469. The van der Waals surface area contributed by atoms with Gasteiger partial charge in [-0.2, -0.15) is 0 Å². The molecular weight excluding hydrogens is 208 g/mol. The molecule has 1 aliphatic rings. The van der Waals surface area contributed by atoms with Crippen molar-refractivity contribution in [3.63, 3.8) is 0 Å². The quantitative estimate of drug-likeness (QED) is 0.791. The highest BCUT2D eigenvalue weighted by molar-refractivity contribution is 5.41. The van der Waals surface area contributed by atoms with E-state index in [4.69, 9.17) is 5.73 Å². The summed E-state index contributed by atoms with van der Waals surface area (Å²) >= 11 is 0. The summed E-state index contributed by atoms with van der Waals surface area (Å²) in [6.45, 7) is 8.22. The van der Waals surface area contributed by atoms with E-state index < -0.39 is 0 Å². The second kappa shape index (κ2) is 5.09. The van der Waals surface area contributed by atoms with Crippen LogP contribution in [0.5, 0.6) is 0 Å². The number of nitrogen functional groups attached to an aromatic ring is 1. The highest BCUT2D eigenvalue weighted by Crippen LogP contribution is 2.31. The largest absolute Gasteiger partial charge is 0.399 e. The van der Waals surface area contributed by atoms with Crippen LogP contribution in [-0.4, -0.2) is 17.5 Å². The van der Waals surface area contributed by atoms with Gasteiger partial charge in [-0.3, -0.25) is 4.90 Å². The number of hydrogen-bond donors (Lipinski definition) is 1. The molecule has 17 heavy (non-hydrogen) atoms. The second-order valence-corrected chi connectivity index (χ2v) is 5.44. The smallest absolute Gasteiger partial charge is 0.0323 e. The minimum atomic E-state index is 0.469. The van der Waals surface area contributed by atoms with Gasteiger partial charge < -0.3 is 5.73 Å². The number of benzene rings is 1. The minimum Gasteiger partial charge on any atom is -0.399 e. The SMILES string of the molecule is CC1CCCN(C(C)c2cccc(N)c2)C1C. The summed E-state index contributed by atoms with van der Waals surface area (Å²) in [6.07, 6.45) is 2.68. The summed E-state index contributed by atoms with van der Waals surface area (Å²) in [5.41, 5.74) is 8.08. The van der Waals surface area contributed by atoms with Gasteiger partial charge in [-0.1, -0.05) is 19.1 Å². The number of likely N-dealkylation sites (tertiary alicyclic amines) is 1. The fraction of sp³-hybridized carbons (Fsp3) is 0.600. The van der Waals surface area contributed by atoms with Crippen LogP contribution >= 0.6 is 0 Å². The number of rotatable bonds is 2. The Kier molecular flexibility index (Phi) is 3.72. The molecule has 0 radical (unpaired) electrons. The first-order valence-corrected chi connectivity index (χ1v) is 6.70. The van der Waals surface area contributed by atoms with Gasteiger partial charge in [0.05, 0.1) is 0 Å². The molecule has 0 amide bonds. The van der Waals surface area contributed by atoms with Gasteiger partial charge in [-0.25, -0.2) is 0 Å². The van der Waals surface area contributed by atoms with Crippen molar-refractivity contribution in [2.45, 2.75) is 45.7 Å². The number of piperidine rings is 1. The first-order chi connectivity index (χ1) is 8.09. The van der Waals surface area contributed by atoms with Crippen LogP contribution in [0, 0.1) is 5.92 Å². The van der Waals surface area contributed by atoms with E-state index in [-0.39, 0.29) is 0 Å². The molecule has 0 aliphatic carbocycles. The normalized spacial score (nSPS) is 27.9. The van der Waals surface area contributed by atoms with Gasteiger partial charge in [-0.15, -0.1) is 0 Å². The molecule has 1 aliphatic heterocycles. The van der Waals surface area contributed by atoms with E-state index in [2.05, 4.69) is 43.9 Å². The van der Waals surface area contributed by atoms with Crippen LogP contribution in [0.15, 0.2) is 24.3 Å². The standard InChI is InChI=1S/C15H24N2/c1-11-6-5-9-17(12(11)2)13(3)14-7-4-8-15(16)10-14/h4,7-8,10-13H,5-6,9,16H2,1-3H3. The third kappa shape index (κ3) is 2.63. The Balaban J connectivity index is 2.16. The van der Waals surface area contributed by atoms with Crippen molar-refractivity contribution in [1.29, 1.82) is 0 Å². The molecule has 0 saturated carbocycles. The Morgan fingerprint density at radius 2 is 2.12 bits per heavy atom. The lowest BCUT2D eigenvalue weighted by molar-refractivity contribution is 0.0754. The third-order valence-corrected chi connectivity index (χ3v) is 4.31. The molecule has 1 aromatic carbocycles. The van der Waals surface area contributed by atoms with Crippen molar-refractivity contribution >= 4 is 5.69 Å². The van der Waals surface area contributed by atoms with E-state index in [0.29, 0.717) is 12.1 Å². The summed E-state index contributed by atoms with van der Waals surface area (Å²) < 4.78 is 0. The zero-order chi connectivity index (χ0) is 12.4. The van der Waals surface area contributed by atoms with Crippen molar-refractivity contribution in [3.05, 3.63) is 29.8 Å². The van der Waals surface area contributed by atoms with E-state index in [9.17, 15) is 0 Å². The molecule has 1 fully saturated rings. The molecule has 2 rings (SSSR count). The van der Waals surface area contributed by atoms with Crippen molar-refractivity contribution in [2.75, 3.05) is 12.3 Å². The van der Waals surface area contributed by atoms with Gasteiger partial charge in [0.25, 0.3) is 0 Å². The Morgan fingerprint density at radius 3 is 2.82 bits per heavy atom. The molecule has 3 atom stereocenters. The van der Waals surface area contributed by atoms with E-state index in [1.54, 1.807) is 0 Å². The van der Waals surface area contributed by atoms with Crippen molar-refractivity contribution < 1.29 is 0 Å². The maximum Gasteiger partial charge on any atom is 0.0323 e. The Hall–Kier alpha value is -1.02. The van der Waals surface area contributed by atoms with Crippen LogP contribution in [0.2, 0.25) is 0 Å². The van der Waals surface area contributed by atoms with Crippen molar-refractivity contribution in [2.24, 2.45) is 5.92 Å². The Bertz CT molecular complexity index is 375. The van der Waals surface area contributed by atoms with Gasteiger partial charge in [0, 0.05) is 17.8 Å². The summed E-state index contributed by atoms with van der Waals surface area (Å²) in [5.74, 6) is 0.798. The van der Waals surface area contributed by atoms with Crippen molar-refractivity contribution in [3.8, 4) is 0 Å². The first-order valence-electron chi connectivity index (χ1n) is 6.70. The molecule has 2 N–H and O–H groups in total. The molecule has 2 nitrogen and oxygen atoms in total. The average molecular weight is 232 g/mol. The van der Waals surface area contributed by atoms with E-state index in [1.807, 2.05) is 6.07 Å². The third-order valence-electron chi connectivity index (χ3n) is 4.31. The van der Waals surface area contributed by atoms with Gasteiger partial charge in [-0.05, 0) is 56.8 Å². The summed E-state index contributed by atoms with van der Waals surface area (Å²) in [4.78, 5) is 2.61. The predicted octanol–water partition coefficient (Wildman–Crippen LogP) is 3.45. The molecular formula is C15H24N2. The first kappa shape index (κ1) is 12.4. The molecule has 94 valence electrons. The van der Waals surface area contributed by atoms with Gasteiger partial charge in [0.2, 0.25) is 0 Å². The number of nitrogens with zero attached hydrogens (tertiary/aromatic N) is 1. The molecule has 1 heterocycles. The zero-order valence-electron chi connectivity index (χ0n) is 11.2. The van der Waals surface area contributed by atoms with Gasteiger partial charge in [0.1, 0.15) is 0 Å². The molecule has 2 heteroatoms. The zero-order valence-corrected chi connectivity index (χ0v) is 11.2. The fourth-order valence-electron chi connectivity index (χ4n) is 2.92. The Morgan fingerprint density at radius 1 is 1.35 bits per heavy atom. The molecule has 0 aromatic heterocycles. The maximum absolute atomic E-state index is 5.87. The van der Waals surface area contributed by atoms with Gasteiger partial charge in [0.15, 0.2) is 0 Å². The highest BCUT2D eigenvalue weighted by atomic mass is 15.2. The topological polar surface area (TPSA) is 29.3 Å². The lowest BCUT2D eigenvalue weighted by atomic mass is 9.89. The predicted molar refractivity (Wildman–Crippen MR) is 73.8 cm³/mol. The summed E-state index contributed by atoms with van der Waals surface area (Å²) in [7, 11) is 0. The Labute approximate surface area is 105 Å². The monoisotopic (exact) mass is 232 g/mol. The fourth-order valence-corrected chi connectivity index (χ4v) is 2.92. The van der Waals surface area contributed by atoms with E-state index >= 15 is 0 Å². The van der Waals surface area contributed by atoms with Crippen LogP contribution in [-0.2, 0) is 0 Å². The number of anilines is 1. The number of nitrogens with two attached hydrogens (primary N) is 1. The van der Waals surface area contributed by atoms with E-state index in [0.717, 1.165) is 11.6 Å². The molecule has 3 unspecified atom stereocenters. The van der Waals surface area contributed by atoms with Gasteiger partial charge >= 0.3 is 0 Å². The second-order valence-electron chi connectivity index (χ2n) is 5.44. The molecule has 0 bridgehead atoms. The van der Waals surface area contributed by atoms with Crippen LogP contribution in [0.25, 0.3) is 0 Å². The van der Waals surface area contributed by atoms with Crippen LogP contribution in [0.4, 0.5) is 5.69 Å². The summed E-state index contributed by atoms with van der Waals surface area (Å²) in [6, 6.07) is 9.44. The molecule has 0 spiro atoms. The van der Waals surface area contributed by atoms with Crippen LogP contribution in [0.3, 0.4) is 0 Å². The molecule has 1 aromatic rings. The maximum atomic E-state index is 5.87. The highest BCUT2D eigenvalue weighted by Gasteiger charge is 2.28. The lowest BCUT2D eigenvalue weighted by Gasteiger charge is -2.42. The van der Waals surface area contributed by atoms with E-state index in [1.165, 1.54) is 24.9 Å². The number of hydrogen-bond acceptors (Lipinski definition) is 2. The summed E-state index contributed by atoms with van der Waals surface area (Å²) in [5, 5.41) is 0. The average Bonchev–Trinajstić information content (AvgIpc) is 2.32. The lowest BCUT2D eigenvalue weighted by Crippen LogP contribution is -2.43. The van der Waals surface area contributed by atoms with Crippen LogP contribution < -0.4 is 5.73 Å². The molecule has 1 saturated heterocycles. The van der Waals surface area contributed by atoms with Crippen molar-refractivity contribution in [1.82, 2.24) is 4.90 Å².